The van der Waals surface area contributed by atoms with Gasteiger partial charge in [-0.1, -0.05) is 29.8 Å². The normalized spacial score (nSPS) is 10.5. The van der Waals surface area contributed by atoms with Gasteiger partial charge in [0.25, 0.3) is 0 Å². The summed E-state index contributed by atoms with van der Waals surface area (Å²) in [5.74, 6) is 0.640. The molecule has 0 spiro atoms. The maximum Gasteiger partial charge on any atom is 0.142 e. The molecule has 0 saturated heterocycles. The molecule has 0 unspecified atom stereocenters. The molecule has 90 valence electrons. The third-order valence-electron chi connectivity index (χ3n) is 2.78. The van der Waals surface area contributed by atoms with Gasteiger partial charge in [-0.2, -0.15) is 4.37 Å². The number of hydrogen-bond donors (Lipinski definition) is 1. The summed E-state index contributed by atoms with van der Waals surface area (Å²) in [4.78, 5) is 2.19. The van der Waals surface area contributed by atoms with E-state index in [1.54, 1.807) is 0 Å². The zero-order chi connectivity index (χ0) is 12.4. The molecular weight excluding hydrogens is 230 g/mol. The number of nitrogen functional groups attached to an aromatic ring is 1. The van der Waals surface area contributed by atoms with Crippen molar-refractivity contribution in [2.75, 3.05) is 17.7 Å². The highest BCUT2D eigenvalue weighted by Gasteiger charge is 2.11. The summed E-state index contributed by atoms with van der Waals surface area (Å²) in [5.41, 5.74) is 9.44. The average Bonchev–Trinajstić information content (AvgIpc) is 2.60. The Hall–Kier alpha value is -1.55. The zero-order valence-electron chi connectivity index (χ0n) is 10.4. The Balaban J connectivity index is 2.17. The van der Waals surface area contributed by atoms with E-state index in [1.807, 2.05) is 6.92 Å². The third-order valence-corrected chi connectivity index (χ3v) is 3.86. The molecule has 0 aliphatic rings. The Morgan fingerprint density at radius 1 is 1.35 bits per heavy atom. The lowest BCUT2D eigenvalue weighted by Crippen LogP contribution is -2.16. The van der Waals surface area contributed by atoms with Crippen LogP contribution >= 0.6 is 11.5 Å². The van der Waals surface area contributed by atoms with Crippen LogP contribution < -0.4 is 10.6 Å². The highest BCUT2D eigenvalue weighted by atomic mass is 32.1. The molecule has 1 heterocycles. The van der Waals surface area contributed by atoms with Crippen molar-refractivity contribution in [3.8, 4) is 0 Å². The number of nitrogens with two attached hydrogens (primary N) is 1. The molecule has 0 radical (unpaired) electrons. The van der Waals surface area contributed by atoms with E-state index in [9.17, 15) is 0 Å². The largest absolute Gasteiger partial charge is 0.383 e. The first-order chi connectivity index (χ1) is 8.08. The van der Waals surface area contributed by atoms with Gasteiger partial charge < -0.3 is 10.6 Å². The van der Waals surface area contributed by atoms with Crippen LogP contribution in [-0.4, -0.2) is 11.4 Å². The Bertz CT molecular complexity index is 519. The fraction of sp³-hybridized carbons (Fsp3) is 0.308. The second-order valence-electron chi connectivity index (χ2n) is 4.34. The summed E-state index contributed by atoms with van der Waals surface area (Å²) in [7, 11) is 2.07. The summed E-state index contributed by atoms with van der Waals surface area (Å²) in [6.45, 7) is 5.00. The van der Waals surface area contributed by atoms with E-state index >= 15 is 0 Å². The molecule has 1 aromatic carbocycles. The molecule has 4 heteroatoms. The second kappa shape index (κ2) is 4.75. The van der Waals surface area contributed by atoms with Crippen molar-refractivity contribution in [2.24, 2.45) is 0 Å². The van der Waals surface area contributed by atoms with Gasteiger partial charge in [0.05, 0.1) is 0 Å². The van der Waals surface area contributed by atoms with Gasteiger partial charge in [-0.3, -0.25) is 0 Å². The van der Waals surface area contributed by atoms with Gasteiger partial charge in [0.1, 0.15) is 10.8 Å². The molecule has 0 saturated carbocycles. The lowest BCUT2D eigenvalue weighted by Gasteiger charge is -2.18. The molecule has 1 aromatic heterocycles. The monoisotopic (exact) mass is 247 g/mol. The van der Waals surface area contributed by atoms with Crippen LogP contribution in [0.2, 0.25) is 0 Å². The predicted molar refractivity (Wildman–Crippen MR) is 74.5 cm³/mol. The number of rotatable bonds is 3. The molecule has 2 rings (SSSR count). The summed E-state index contributed by atoms with van der Waals surface area (Å²) >= 11 is 1.46. The fourth-order valence-corrected chi connectivity index (χ4v) is 2.62. The standard InChI is InChI=1S/C13H17N3S/c1-9-5-4-6-11(7-9)8-16(3)13-10(2)12(14)15-17-13/h4-7H,8H2,1-3H3,(H2,14,15). The van der Waals surface area contributed by atoms with Gasteiger partial charge in [-0.15, -0.1) is 0 Å². The molecule has 17 heavy (non-hydrogen) atoms. The molecule has 0 amide bonds. The lowest BCUT2D eigenvalue weighted by molar-refractivity contribution is 0.929. The molecule has 2 N–H and O–H groups in total. The van der Waals surface area contributed by atoms with E-state index in [0.29, 0.717) is 5.82 Å². The Labute approximate surface area is 106 Å². The van der Waals surface area contributed by atoms with Gasteiger partial charge in [0.15, 0.2) is 0 Å². The van der Waals surface area contributed by atoms with E-state index in [-0.39, 0.29) is 0 Å². The summed E-state index contributed by atoms with van der Waals surface area (Å²) in [6.07, 6.45) is 0. The fourth-order valence-electron chi connectivity index (χ4n) is 1.85. The van der Waals surface area contributed by atoms with Crippen molar-refractivity contribution in [1.82, 2.24) is 4.37 Å². The van der Waals surface area contributed by atoms with Crippen LogP contribution in [0, 0.1) is 13.8 Å². The minimum Gasteiger partial charge on any atom is -0.383 e. The number of hydrogen-bond acceptors (Lipinski definition) is 4. The average molecular weight is 247 g/mol. The smallest absolute Gasteiger partial charge is 0.142 e. The number of nitrogens with zero attached hydrogens (tertiary/aromatic N) is 2. The minimum absolute atomic E-state index is 0.640. The van der Waals surface area contributed by atoms with Gasteiger partial charge in [0, 0.05) is 19.2 Å². The number of aryl methyl sites for hydroxylation is 1. The number of aromatic nitrogens is 1. The van der Waals surface area contributed by atoms with Crippen LogP contribution in [0.4, 0.5) is 10.8 Å². The maximum absolute atomic E-state index is 5.77. The Morgan fingerprint density at radius 3 is 2.71 bits per heavy atom. The second-order valence-corrected chi connectivity index (χ2v) is 5.09. The van der Waals surface area contributed by atoms with E-state index in [2.05, 4.69) is 47.5 Å². The molecule has 0 atom stereocenters. The highest BCUT2D eigenvalue weighted by molar-refractivity contribution is 7.10. The Morgan fingerprint density at radius 2 is 2.12 bits per heavy atom. The molecule has 0 bridgehead atoms. The number of benzene rings is 1. The van der Waals surface area contributed by atoms with Crippen LogP contribution in [0.25, 0.3) is 0 Å². The van der Waals surface area contributed by atoms with Gasteiger partial charge in [-0.05, 0) is 30.9 Å². The first-order valence-corrected chi connectivity index (χ1v) is 6.33. The molecule has 0 aliphatic heterocycles. The highest BCUT2D eigenvalue weighted by Crippen LogP contribution is 2.29. The first kappa shape index (κ1) is 11.9. The summed E-state index contributed by atoms with van der Waals surface area (Å²) in [6, 6.07) is 8.55. The molecule has 0 aliphatic carbocycles. The van der Waals surface area contributed by atoms with E-state index < -0.39 is 0 Å². The third kappa shape index (κ3) is 2.58. The van der Waals surface area contributed by atoms with Crippen LogP contribution in [0.15, 0.2) is 24.3 Å². The molecule has 2 aromatic rings. The van der Waals surface area contributed by atoms with E-state index in [1.165, 1.54) is 22.7 Å². The summed E-state index contributed by atoms with van der Waals surface area (Å²) in [5, 5.41) is 1.14. The lowest BCUT2D eigenvalue weighted by atomic mass is 10.1. The maximum atomic E-state index is 5.77. The van der Waals surface area contributed by atoms with Crippen molar-refractivity contribution in [2.45, 2.75) is 20.4 Å². The predicted octanol–water partition coefficient (Wildman–Crippen LogP) is 2.98. The van der Waals surface area contributed by atoms with Crippen LogP contribution in [0.5, 0.6) is 0 Å². The van der Waals surface area contributed by atoms with Crippen LogP contribution in [0.1, 0.15) is 16.7 Å². The molecule has 0 fully saturated rings. The van der Waals surface area contributed by atoms with Crippen molar-refractivity contribution in [1.29, 1.82) is 0 Å². The van der Waals surface area contributed by atoms with Crippen LogP contribution in [-0.2, 0) is 6.54 Å². The zero-order valence-corrected chi connectivity index (χ0v) is 11.2. The van der Waals surface area contributed by atoms with Gasteiger partial charge >= 0.3 is 0 Å². The van der Waals surface area contributed by atoms with Crippen molar-refractivity contribution in [3.05, 3.63) is 41.0 Å². The van der Waals surface area contributed by atoms with Gasteiger partial charge in [-0.25, -0.2) is 0 Å². The van der Waals surface area contributed by atoms with Crippen molar-refractivity contribution < 1.29 is 0 Å². The topological polar surface area (TPSA) is 42.2 Å². The van der Waals surface area contributed by atoms with Crippen molar-refractivity contribution >= 4 is 22.4 Å². The summed E-state index contributed by atoms with van der Waals surface area (Å²) < 4.78 is 4.17. The molecule has 3 nitrogen and oxygen atoms in total. The Kier molecular flexibility index (Phi) is 3.33. The van der Waals surface area contributed by atoms with Gasteiger partial charge in [0.2, 0.25) is 0 Å². The molecular formula is C13H17N3S. The van der Waals surface area contributed by atoms with E-state index in [4.69, 9.17) is 5.73 Å². The first-order valence-electron chi connectivity index (χ1n) is 5.56. The quantitative estimate of drug-likeness (QED) is 0.906. The minimum atomic E-state index is 0.640. The number of anilines is 2. The van der Waals surface area contributed by atoms with E-state index in [0.717, 1.165) is 17.1 Å². The van der Waals surface area contributed by atoms with Crippen molar-refractivity contribution in [3.63, 3.8) is 0 Å². The van der Waals surface area contributed by atoms with Crippen LogP contribution in [0.3, 0.4) is 0 Å². The SMILES string of the molecule is Cc1cccc(CN(C)c2snc(N)c2C)c1.